The van der Waals surface area contributed by atoms with Gasteiger partial charge in [-0.15, -0.1) is 11.3 Å². The van der Waals surface area contributed by atoms with Gasteiger partial charge in [-0.05, 0) is 32.9 Å². The maximum absolute atomic E-state index is 12.7. The maximum atomic E-state index is 12.7. The van der Waals surface area contributed by atoms with Gasteiger partial charge in [-0.2, -0.15) is 0 Å². The van der Waals surface area contributed by atoms with Crippen LogP contribution < -0.4 is 10.6 Å². The third-order valence-electron chi connectivity index (χ3n) is 4.99. The Morgan fingerprint density at radius 3 is 2.61 bits per heavy atom. The highest BCUT2D eigenvalue weighted by atomic mass is 35.5. The minimum Gasteiger partial charge on any atom is -0.444 e. The molecule has 3 rings (SSSR count). The van der Waals surface area contributed by atoms with E-state index in [1.54, 1.807) is 50.4 Å². The Balaban J connectivity index is 1.30. The molecule has 1 aliphatic rings. The van der Waals surface area contributed by atoms with Crippen LogP contribution in [-0.4, -0.2) is 79.5 Å². The van der Waals surface area contributed by atoms with Crippen molar-refractivity contribution in [1.82, 2.24) is 15.2 Å². The van der Waals surface area contributed by atoms with E-state index in [4.69, 9.17) is 37.4 Å². The molecule has 2 aromatic rings. The first-order valence-corrected chi connectivity index (χ1v) is 13.5. The van der Waals surface area contributed by atoms with Crippen LogP contribution >= 0.6 is 34.5 Å². The van der Waals surface area contributed by atoms with Crippen LogP contribution in [0, 0.1) is 0 Å². The molecule has 0 fully saturated rings. The fourth-order valence-electron chi connectivity index (χ4n) is 3.21. The second kappa shape index (κ2) is 13.9. The minimum absolute atomic E-state index is 0.124. The summed E-state index contributed by atoms with van der Waals surface area (Å²) in [4.78, 5) is 42.6. The first-order chi connectivity index (χ1) is 18.0. The molecule has 0 saturated heterocycles. The lowest BCUT2D eigenvalue weighted by atomic mass is 10.2. The van der Waals surface area contributed by atoms with Crippen molar-refractivity contribution in [2.45, 2.75) is 26.4 Å². The number of anilines is 1. The smallest absolute Gasteiger partial charge is 0.407 e. The average Bonchev–Trinajstić information content (AvgIpc) is 3.51. The zero-order valence-corrected chi connectivity index (χ0v) is 23.7. The summed E-state index contributed by atoms with van der Waals surface area (Å²) in [6.07, 6.45) is 1.20. The van der Waals surface area contributed by atoms with Crippen molar-refractivity contribution >= 4 is 58.3 Å². The van der Waals surface area contributed by atoms with Crippen LogP contribution in [0.15, 0.2) is 35.2 Å². The molecule has 206 valence electrons. The van der Waals surface area contributed by atoms with Crippen LogP contribution in [0.4, 0.5) is 10.6 Å². The van der Waals surface area contributed by atoms with Gasteiger partial charge in [0.05, 0.1) is 36.4 Å². The van der Waals surface area contributed by atoms with Gasteiger partial charge in [-0.1, -0.05) is 35.3 Å². The van der Waals surface area contributed by atoms with E-state index in [2.05, 4.69) is 15.6 Å². The Kier molecular flexibility index (Phi) is 10.9. The Bertz CT molecular complexity index is 1180. The van der Waals surface area contributed by atoms with E-state index in [1.165, 1.54) is 16.2 Å². The van der Waals surface area contributed by atoms with Crippen molar-refractivity contribution < 1.29 is 28.6 Å². The molecule has 2 heterocycles. The van der Waals surface area contributed by atoms with Crippen LogP contribution in [0.2, 0.25) is 10.0 Å². The first-order valence-electron chi connectivity index (χ1n) is 11.8. The number of halogens is 2. The van der Waals surface area contributed by atoms with E-state index in [0.717, 1.165) is 5.56 Å². The fourth-order valence-corrected chi connectivity index (χ4v) is 4.26. The second-order valence-electron chi connectivity index (χ2n) is 9.22. The van der Waals surface area contributed by atoms with Gasteiger partial charge < -0.3 is 29.7 Å². The number of amides is 3. The molecule has 0 radical (unpaired) electrons. The molecule has 13 heteroatoms. The standard InChI is InChI=1S/C25H30Cl2N4O6S/c1-25(2,3)37-24(34)28-7-9-35-10-11-36-14-21(32)31-8-6-17(13-31)22(33)29-20-15-38-23(30-20)16-4-5-18(26)19(27)12-16/h4-6,12,15H,7-11,13-14H2,1-3H3,(H,28,34)(H,29,33). The zero-order valence-electron chi connectivity index (χ0n) is 21.3. The highest BCUT2D eigenvalue weighted by molar-refractivity contribution is 7.13. The van der Waals surface area contributed by atoms with Gasteiger partial charge in [0.25, 0.3) is 5.91 Å². The predicted molar refractivity (Wildman–Crippen MR) is 147 cm³/mol. The minimum atomic E-state index is -0.555. The van der Waals surface area contributed by atoms with Gasteiger partial charge in [0, 0.05) is 29.6 Å². The topological polar surface area (TPSA) is 119 Å². The van der Waals surface area contributed by atoms with Crippen LogP contribution in [0.5, 0.6) is 0 Å². The molecule has 1 aliphatic heterocycles. The number of thiazole rings is 1. The summed E-state index contributed by atoms with van der Waals surface area (Å²) in [5.74, 6) is -0.136. The van der Waals surface area contributed by atoms with Crippen LogP contribution in [-0.2, 0) is 23.8 Å². The molecule has 0 bridgehead atoms. The van der Waals surface area contributed by atoms with Gasteiger partial charge in [0.1, 0.15) is 23.0 Å². The summed E-state index contributed by atoms with van der Waals surface area (Å²) in [5.41, 5.74) is 0.716. The highest BCUT2D eigenvalue weighted by Crippen LogP contribution is 2.31. The number of carbonyl (C=O) groups excluding carboxylic acids is 3. The number of nitrogens with zero attached hydrogens (tertiary/aromatic N) is 2. The van der Waals surface area contributed by atoms with E-state index in [-0.39, 0.29) is 38.2 Å². The number of alkyl carbamates (subject to hydrolysis) is 1. The van der Waals surface area contributed by atoms with E-state index in [0.29, 0.717) is 46.1 Å². The summed E-state index contributed by atoms with van der Waals surface area (Å²) in [6, 6.07) is 5.21. The average molecular weight is 586 g/mol. The predicted octanol–water partition coefficient (Wildman–Crippen LogP) is 4.38. The molecule has 0 spiro atoms. The summed E-state index contributed by atoms with van der Waals surface area (Å²) in [7, 11) is 0. The summed E-state index contributed by atoms with van der Waals surface area (Å²) < 4.78 is 15.9. The molecule has 0 saturated carbocycles. The Labute approximate surface area is 235 Å². The Morgan fingerprint density at radius 1 is 1.11 bits per heavy atom. The van der Waals surface area contributed by atoms with Crippen molar-refractivity contribution in [3.05, 3.63) is 45.3 Å². The van der Waals surface area contributed by atoms with Gasteiger partial charge in [0.2, 0.25) is 5.91 Å². The molecule has 10 nitrogen and oxygen atoms in total. The fraction of sp³-hybridized carbons (Fsp3) is 0.440. The molecule has 0 atom stereocenters. The van der Waals surface area contributed by atoms with E-state index in [1.807, 2.05) is 0 Å². The lowest BCUT2D eigenvalue weighted by molar-refractivity contribution is -0.135. The van der Waals surface area contributed by atoms with Gasteiger partial charge in [-0.25, -0.2) is 9.78 Å². The number of hydrogen-bond acceptors (Lipinski definition) is 8. The molecule has 38 heavy (non-hydrogen) atoms. The summed E-state index contributed by atoms with van der Waals surface area (Å²) in [5, 5.41) is 8.66. The molecular weight excluding hydrogens is 555 g/mol. The summed E-state index contributed by atoms with van der Waals surface area (Å²) >= 11 is 13.4. The molecule has 3 amide bonds. The zero-order chi connectivity index (χ0) is 27.7. The lowest BCUT2D eigenvalue weighted by Gasteiger charge is -2.19. The van der Waals surface area contributed by atoms with Crippen molar-refractivity contribution in [3.8, 4) is 10.6 Å². The third kappa shape index (κ3) is 9.55. The maximum Gasteiger partial charge on any atom is 0.407 e. The number of carbonyl (C=O) groups is 3. The number of ether oxygens (including phenoxy) is 3. The summed E-state index contributed by atoms with van der Waals surface area (Å²) in [6.45, 7) is 6.82. The van der Waals surface area contributed by atoms with Crippen molar-refractivity contribution in [1.29, 1.82) is 0 Å². The van der Waals surface area contributed by atoms with E-state index < -0.39 is 11.7 Å². The Hall–Kier alpha value is -2.70. The van der Waals surface area contributed by atoms with Crippen molar-refractivity contribution in [2.24, 2.45) is 0 Å². The number of hydrogen-bond donors (Lipinski definition) is 2. The van der Waals surface area contributed by atoms with Crippen molar-refractivity contribution in [3.63, 3.8) is 0 Å². The first kappa shape index (κ1) is 29.9. The van der Waals surface area contributed by atoms with Crippen LogP contribution in [0.3, 0.4) is 0 Å². The number of aromatic nitrogens is 1. The quantitative estimate of drug-likeness (QED) is 0.376. The lowest BCUT2D eigenvalue weighted by Crippen LogP contribution is -2.34. The van der Waals surface area contributed by atoms with Gasteiger partial charge in [-0.3, -0.25) is 9.59 Å². The van der Waals surface area contributed by atoms with Gasteiger partial charge >= 0.3 is 6.09 Å². The highest BCUT2D eigenvalue weighted by Gasteiger charge is 2.24. The molecule has 0 unspecified atom stereocenters. The number of benzene rings is 1. The number of rotatable bonds is 11. The normalized spacial score (nSPS) is 13.3. The van der Waals surface area contributed by atoms with Crippen LogP contribution in [0.1, 0.15) is 20.8 Å². The van der Waals surface area contributed by atoms with Gasteiger partial charge in [0.15, 0.2) is 0 Å². The van der Waals surface area contributed by atoms with E-state index in [9.17, 15) is 14.4 Å². The molecule has 2 N–H and O–H groups in total. The molecule has 0 aliphatic carbocycles. The molecule has 1 aromatic heterocycles. The van der Waals surface area contributed by atoms with Crippen molar-refractivity contribution in [2.75, 3.05) is 51.4 Å². The third-order valence-corrected chi connectivity index (χ3v) is 6.62. The van der Waals surface area contributed by atoms with E-state index >= 15 is 0 Å². The Morgan fingerprint density at radius 2 is 1.87 bits per heavy atom. The molecular formula is C25H30Cl2N4O6S. The number of nitrogens with one attached hydrogen (secondary N) is 2. The molecule has 1 aromatic carbocycles. The monoisotopic (exact) mass is 584 g/mol. The SMILES string of the molecule is CC(C)(C)OC(=O)NCCOCCOCC(=O)N1CC=C(C(=O)Nc2csc(-c3ccc(Cl)c(Cl)c3)n2)C1. The van der Waals surface area contributed by atoms with Crippen LogP contribution in [0.25, 0.3) is 10.6 Å². The largest absolute Gasteiger partial charge is 0.444 e. The second-order valence-corrected chi connectivity index (χ2v) is 10.9.